The molecule has 3 heteroatoms. The number of hydrogen-bond acceptors (Lipinski definition) is 2. The summed E-state index contributed by atoms with van der Waals surface area (Å²) in [6.45, 7) is 3.74. The largest absolute Gasteiger partial charge is 0.298 e. The van der Waals surface area contributed by atoms with Gasteiger partial charge in [-0.15, -0.1) is 0 Å². The summed E-state index contributed by atoms with van der Waals surface area (Å²) < 4.78 is 11.6. The molecule has 0 aromatic rings. The molecule has 1 aliphatic rings. The third kappa shape index (κ3) is 3.91. The third-order valence-electron chi connectivity index (χ3n) is 2.84. The van der Waals surface area contributed by atoms with Crippen molar-refractivity contribution in [3.8, 4) is 0 Å². The number of Topliss-reactive ketones (excluding diaryl/α,β-unsaturated/α-hetero) is 1. The lowest BCUT2D eigenvalue weighted by Crippen LogP contribution is -2.20. The highest BCUT2D eigenvalue weighted by Gasteiger charge is 2.19. The van der Waals surface area contributed by atoms with Gasteiger partial charge in [0.15, 0.2) is 0 Å². The molecule has 0 saturated heterocycles. The van der Waals surface area contributed by atoms with E-state index in [-0.39, 0.29) is 17.5 Å². The molecule has 0 aliphatic heterocycles. The Morgan fingerprint density at radius 2 is 1.93 bits per heavy atom. The van der Waals surface area contributed by atoms with E-state index in [2.05, 4.69) is 0 Å². The van der Waals surface area contributed by atoms with Gasteiger partial charge in [-0.05, 0) is 18.8 Å². The average Bonchev–Trinajstić information content (AvgIpc) is 2.56. The second-order valence-corrected chi connectivity index (χ2v) is 6.02. The maximum absolute atomic E-state index is 11.6. The molecule has 0 aromatic carbocycles. The third-order valence-corrected chi connectivity index (χ3v) is 4.29. The molecule has 0 spiro atoms. The molecule has 14 heavy (non-hydrogen) atoms. The number of ketones is 1. The standard InChI is InChI=1S/C11H20O2S/c1-9(2)11(12)8-14(13)7-10-5-3-4-6-10/h9-10H,3-8H2,1-2H3. The minimum atomic E-state index is -0.910. The molecule has 1 atom stereocenters. The predicted molar refractivity (Wildman–Crippen MR) is 59.7 cm³/mol. The van der Waals surface area contributed by atoms with E-state index in [1.54, 1.807) is 0 Å². The van der Waals surface area contributed by atoms with Crippen LogP contribution in [0.1, 0.15) is 39.5 Å². The van der Waals surface area contributed by atoms with Crippen molar-refractivity contribution in [3.05, 3.63) is 0 Å². The summed E-state index contributed by atoms with van der Waals surface area (Å²) in [4.78, 5) is 11.3. The normalized spacial score (nSPS) is 20.2. The van der Waals surface area contributed by atoms with Crippen LogP contribution in [0.2, 0.25) is 0 Å². The molecule has 1 fully saturated rings. The van der Waals surface area contributed by atoms with E-state index in [4.69, 9.17) is 0 Å². The van der Waals surface area contributed by atoms with E-state index in [0.717, 1.165) is 5.75 Å². The molecule has 0 N–H and O–H groups in total. The molecule has 1 rings (SSSR count). The maximum atomic E-state index is 11.6. The fraction of sp³-hybridized carbons (Fsp3) is 0.909. The van der Waals surface area contributed by atoms with Gasteiger partial charge in [-0.2, -0.15) is 0 Å². The molecule has 1 saturated carbocycles. The van der Waals surface area contributed by atoms with Crippen LogP contribution < -0.4 is 0 Å². The molecule has 0 heterocycles. The first-order valence-corrected chi connectivity index (χ1v) is 6.96. The van der Waals surface area contributed by atoms with Gasteiger partial charge in [0.05, 0.1) is 5.75 Å². The Kier molecular flexibility index (Phi) is 4.79. The maximum Gasteiger partial charge on any atom is 0.147 e. The minimum absolute atomic E-state index is 0.0301. The van der Waals surface area contributed by atoms with E-state index in [0.29, 0.717) is 5.92 Å². The highest BCUT2D eigenvalue weighted by Crippen LogP contribution is 2.25. The Balaban J connectivity index is 2.24. The van der Waals surface area contributed by atoms with Crippen molar-refractivity contribution in [1.29, 1.82) is 0 Å². The summed E-state index contributed by atoms with van der Waals surface area (Å²) in [7, 11) is -0.910. The van der Waals surface area contributed by atoms with Crippen LogP contribution in [-0.4, -0.2) is 21.5 Å². The number of carbonyl (C=O) groups is 1. The predicted octanol–water partition coefficient (Wildman–Crippen LogP) is 2.15. The Hall–Kier alpha value is -0.180. The van der Waals surface area contributed by atoms with Crippen LogP contribution in [0.3, 0.4) is 0 Å². The molecule has 0 bridgehead atoms. The van der Waals surface area contributed by atoms with Gasteiger partial charge < -0.3 is 0 Å². The van der Waals surface area contributed by atoms with Gasteiger partial charge in [0.1, 0.15) is 5.78 Å². The number of rotatable bonds is 5. The Morgan fingerprint density at radius 3 is 2.43 bits per heavy atom. The molecule has 82 valence electrons. The van der Waals surface area contributed by atoms with Gasteiger partial charge in [-0.3, -0.25) is 9.00 Å². The fourth-order valence-electron chi connectivity index (χ4n) is 1.82. The molecule has 2 nitrogen and oxygen atoms in total. The van der Waals surface area contributed by atoms with Crippen molar-refractivity contribution in [2.24, 2.45) is 11.8 Å². The second-order valence-electron chi connectivity index (χ2n) is 4.52. The van der Waals surface area contributed by atoms with Crippen LogP contribution >= 0.6 is 0 Å². The first kappa shape index (κ1) is 11.9. The highest BCUT2D eigenvalue weighted by molar-refractivity contribution is 7.85. The van der Waals surface area contributed by atoms with Gasteiger partial charge in [-0.25, -0.2) is 0 Å². The van der Waals surface area contributed by atoms with E-state index in [1.165, 1.54) is 25.7 Å². The first-order valence-electron chi connectivity index (χ1n) is 5.47. The summed E-state index contributed by atoms with van der Waals surface area (Å²) in [5, 5.41) is 0. The van der Waals surface area contributed by atoms with E-state index >= 15 is 0 Å². The zero-order valence-electron chi connectivity index (χ0n) is 9.12. The van der Waals surface area contributed by atoms with Gasteiger partial charge in [0.25, 0.3) is 0 Å². The van der Waals surface area contributed by atoms with Crippen molar-refractivity contribution < 1.29 is 9.00 Å². The van der Waals surface area contributed by atoms with Crippen LogP contribution in [0.4, 0.5) is 0 Å². The van der Waals surface area contributed by atoms with Crippen molar-refractivity contribution in [3.63, 3.8) is 0 Å². The molecule has 1 unspecified atom stereocenters. The van der Waals surface area contributed by atoms with Crippen molar-refractivity contribution >= 4 is 16.6 Å². The van der Waals surface area contributed by atoms with Gasteiger partial charge in [0, 0.05) is 22.5 Å². The summed E-state index contributed by atoms with van der Waals surface area (Å²) in [5.74, 6) is 1.81. The van der Waals surface area contributed by atoms with Crippen molar-refractivity contribution in [2.45, 2.75) is 39.5 Å². The quantitative estimate of drug-likeness (QED) is 0.705. The summed E-state index contributed by atoms with van der Waals surface area (Å²) >= 11 is 0. The zero-order chi connectivity index (χ0) is 10.6. The molecule has 0 aromatic heterocycles. The van der Waals surface area contributed by atoms with Crippen molar-refractivity contribution in [2.75, 3.05) is 11.5 Å². The van der Waals surface area contributed by atoms with Crippen LogP contribution in [0.25, 0.3) is 0 Å². The molecule has 0 radical (unpaired) electrons. The summed E-state index contributed by atoms with van der Waals surface area (Å²) in [5.41, 5.74) is 0. The lowest BCUT2D eigenvalue weighted by atomic mass is 10.1. The number of carbonyl (C=O) groups excluding carboxylic acids is 1. The topological polar surface area (TPSA) is 34.1 Å². The first-order chi connectivity index (χ1) is 6.59. The lowest BCUT2D eigenvalue weighted by molar-refractivity contribution is -0.119. The van der Waals surface area contributed by atoms with Gasteiger partial charge in [-0.1, -0.05) is 26.7 Å². The zero-order valence-corrected chi connectivity index (χ0v) is 9.94. The molecular weight excluding hydrogens is 196 g/mol. The Morgan fingerprint density at radius 1 is 1.36 bits per heavy atom. The fourth-order valence-corrected chi connectivity index (χ4v) is 3.45. The minimum Gasteiger partial charge on any atom is -0.298 e. The second kappa shape index (κ2) is 5.64. The SMILES string of the molecule is CC(C)C(=O)CS(=O)CC1CCCC1. The van der Waals surface area contributed by atoms with E-state index < -0.39 is 10.8 Å². The summed E-state index contributed by atoms with van der Waals surface area (Å²) in [6.07, 6.45) is 4.98. The lowest BCUT2D eigenvalue weighted by Gasteiger charge is -2.08. The Labute approximate surface area is 88.9 Å². The molecular formula is C11H20O2S. The van der Waals surface area contributed by atoms with Crippen LogP contribution in [0, 0.1) is 11.8 Å². The Bertz CT molecular complexity index is 217. The van der Waals surface area contributed by atoms with Crippen LogP contribution in [0.5, 0.6) is 0 Å². The van der Waals surface area contributed by atoms with Gasteiger partial charge >= 0.3 is 0 Å². The number of hydrogen-bond donors (Lipinski definition) is 0. The smallest absolute Gasteiger partial charge is 0.147 e. The molecule has 1 aliphatic carbocycles. The highest BCUT2D eigenvalue weighted by atomic mass is 32.2. The monoisotopic (exact) mass is 216 g/mol. The van der Waals surface area contributed by atoms with E-state index in [9.17, 15) is 9.00 Å². The van der Waals surface area contributed by atoms with Gasteiger partial charge in [0.2, 0.25) is 0 Å². The molecule has 0 amide bonds. The summed E-state index contributed by atoms with van der Waals surface area (Å²) in [6, 6.07) is 0. The van der Waals surface area contributed by atoms with Crippen molar-refractivity contribution in [1.82, 2.24) is 0 Å². The van der Waals surface area contributed by atoms with E-state index in [1.807, 2.05) is 13.8 Å². The average molecular weight is 216 g/mol. The van der Waals surface area contributed by atoms with Crippen LogP contribution in [0.15, 0.2) is 0 Å². The van der Waals surface area contributed by atoms with Crippen LogP contribution in [-0.2, 0) is 15.6 Å².